The van der Waals surface area contributed by atoms with Gasteiger partial charge in [-0.15, -0.1) is 0 Å². The molecule has 1 aromatic heterocycles. The van der Waals surface area contributed by atoms with E-state index in [0.717, 1.165) is 6.42 Å². The van der Waals surface area contributed by atoms with E-state index in [9.17, 15) is 14.4 Å². The number of pyridine rings is 1. The SMILES string of the molecule is O=C(NCCN1CCCOC1=O)C1CCN(C(=O)c2ccccn2)CC1. The summed E-state index contributed by atoms with van der Waals surface area (Å²) in [5.74, 6) is -0.204. The molecule has 2 saturated heterocycles. The zero-order chi connectivity index (χ0) is 18.4. The van der Waals surface area contributed by atoms with Gasteiger partial charge in [-0.25, -0.2) is 4.79 Å². The zero-order valence-electron chi connectivity index (χ0n) is 14.7. The van der Waals surface area contributed by atoms with Crippen LogP contribution in [0.25, 0.3) is 0 Å². The van der Waals surface area contributed by atoms with Gasteiger partial charge in [0, 0.05) is 44.8 Å². The average Bonchev–Trinajstić information content (AvgIpc) is 2.69. The molecule has 0 unspecified atom stereocenters. The van der Waals surface area contributed by atoms with Crippen LogP contribution in [-0.4, -0.2) is 72.0 Å². The first-order valence-electron chi connectivity index (χ1n) is 9.05. The number of carbonyl (C=O) groups excluding carboxylic acids is 3. The molecule has 26 heavy (non-hydrogen) atoms. The van der Waals surface area contributed by atoms with E-state index in [0.29, 0.717) is 57.9 Å². The van der Waals surface area contributed by atoms with Crippen LogP contribution in [0.1, 0.15) is 29.8 Å². The molecule has 0 aliphatic carbocycles. The highest BCUT2D eigenvalue weighted by Crippen LogP contribution is 2.18. The van der Waals surface area contributed by atoms with Crippen LogP contribution in [0.15, 0.2) is 24.4 Å². The Morgan fingerprint density at radius 1 is 1.23 bits per heavy atom. The van der Waals surface area contributed by atoms with Crippen molar-refractivity contribution in [1.82, 2.24) is 20.1 Å². The van der Waals surface area contributed by atoms with Gasteiger partial charge in [0.15, 0.2) is 0 Å². The molecule has 140 valence electrons. The Morgan fingerprint density at radius 2 is 2.04 bits per heavy atom. The number of likely N-dealkylation sites (tertiary alicyclic amines) is 1. The number of piperidine rings is 1. The van der Waals surface area contributed by atoms with Gasteiger partial charge in [-0.1, -0.05) is 6.07 Å². The largest absolute Gasteiger partial charge is 0.449 e. The van der Waals surface area contributed by atoms with E-state index in [-0.39, 0.29) is 23.8 Å². The van der Waals surface area contributed by atoms with Crippen LogP contribution < -0.4 is 5.32 Å². The standard InChI is InChI=1S/C18H24N4O4/c23-16(20-8-12-22-9-3-13-26-18(22)25)14-5-10-21(11-6-14)17(24)15-4-1-2-7-19-15/h1-2,4,7,14H,3,5-6,8-13H2,(H,20,23). The van der Waals surface area contributed by atoms with E-state index in [1.165, 1.54) is 0 Å². The molecule has 8 nitrogen and oxygen atoms in total. The number of cyclic esters (lactones) is 1. The number of nitrogens with one attached hydrogen (secondary N) is 1. The minimum atomic E-state index is -0.313. The second-order valence-corrected chi connectivity index (χ2v) is 6.53. The molecule has 0 saturated carbocycles. The third kappa shape index (κ3) is 4.50. The summed E-state index contributed by atoms with van der Waals surface area (Å²) in [7, 11) is 0. The van der Waals surface area contributed by atoms with Crippen LogP contribution in [0.5, 0.6) is 0 Å². The van der Waals surface area contributed by atoms with Crippen molar-refractivity contribution in [1.29, 1.82) is 0 Å². The number of nitrogens with zero attached hydrogens (tertiary/aromatic N) is 3. The van der Waals surface area contributed by atoms with Crippen LogP contribution in [0.2, 0.25) is 0 Å². The third-order valence-electron chi connectivity index (χ3n) is 4.77. The van der Waals surface area contributed by atoms with Gasteiger partial charge in [0.25, 0.3) is 5.91 Å². The predicted molar refractivity (Wildman–Crippen MR) is 93.4 cm³/mol. The van der Waals surface area contributed by atoms with Gasteiger partial charge in [0.1, 0.15) is 5.69 Å². The van der Waals surface area contributed by atoms with Crippen molar-refractivity contribution in [3.8, 4) is 0 Å². The number of hydrogen-bond donors (Lipinski definition) is 1. The molecule has 2 aliphatic rings. The Labute approximate surface area is 152 Å². The number of ether oxygens (including phenoxy) is 1. The van der Waals surface area contributed by atoms with E-state index < -0.39 is 0 Å². The third-order valence-corrected chi connectivity index (χ3v) is 4.77. The molecular formula is C18H24N4O4. The molecule has 0 spiro atoms. The monoisotopic (exact) mass is 360 g/mol. The highest BCUT2D eigenvalue weighted by molar-refractivity contribution is 5.92. The number of aromatic nitrogens is 1. The van der Waals surface area contributed by atoms with Gasteiger partial charge < -0.3 is 19.9 Å². The minimum Gasteiger partial charge on any atom is -0.449 e. The Bertz CT molecular complexity index is 644. The van der Waals surface area contributed by atoms with Gasteiger partial charge in [0.2, 0.25) is 5.91 Å². The van der Waals surface area contributed by atoms with E-state index in [1.54, 1.807) is 34.2 Å². The summed E-state index contributed by atoms with van der Waals surface area (Å²) < 4.78 is 4.97. The van der Waals surface area contributed by atoms with Crippen LogP contribution in [-0.2, 0) is 9.53 Å². The maximum absolute atomic E-state index is 12.4. The molecule has 2 aliphatic heterocycles. The Balaban J connectivity index is 1.39. The Morgan fingerprint density at radius 3 is 2.73 bits per heavy atom. The lowest BCUT2D eigenvalue weighted by molar-refractivity contribution is -0.126. The number of hydrogen-bond acceptors (Lipinski definition) is 5. The van der Waals surface area contributed by atoms with Gasteiger partial charge in [-0.3, -0.25) is 14.6 Å². The predicted octanol–water partition coefficient (Wildman–Crippen LogP) is 0.892. The Hall–Kier alpha value is -2.64. The summed E-state index contributed by atoms with van der Waals surface area (Å²) in [4.78, 5) is 43.7. The average molecular weight is 360 g/mol. The molecule has 0 bridgehead atoms. The highest BCUT2D eigenvalue weighted by Gasteiger charge is 2.28. The lowest BCUT2D eigenvalue weighted by Gasteiger charge is -2.31. The molecule has 8 heteroatoms. The van der Waals surface area contributed by atoms with Crippen molar-refractivity contribution in [3.63, 3.8) is 0 Å². The van der Waals surface area contributed by atoms with E-state index >= 15 is 0 Å². The van der Waals surface area contributed by atoms with Crippen molar-refractivity contribution < 1.29 is 19.1 Å². The van der Waals surface area contributed by atoms with Crippen molar-refractivity contribution in [3.05, 3.63) is 30.1 Å². The molecule has 1 aromatic rings. The first-order valence-corrected chi connectivity index (χ1v) is 9.05. The van der Waals surface area contributed by atoms with Crippen LogP contribution in [0, 0.1) is 5.92 Å². The molecule has 3 heterocycles. The van der Waals surface area contributed by atoms with Gasteiger partial charge in [-0.2, -0.15) is 0 Å². The molecule has 0 aromatic carbocycles. The lowest BCUT2D eigenvalue weighted by Crippen LogP contribution is -2.46. The maximum atomic E-state index is 12.4. The fraction of sp³-hybridized carbons (Fsp3) is 0.556. The van der Waals surface area contributed by atoms with Crippen molar-refractivity contribution in [2.45, 2.75) is 19.3 Å². The smallest absolute Gasteiger partial charge is 0.409 e. The molecule has 2 fully saturated rings. The maximum Gasteiger partial charge on any atom is 0.409 e. The minimum absolute atomic E-state index is 0.0136. The molecular weight excluding hydrogens is 336 g/mol. The normalized spacial score (nSPS) is 18.4. The van der Waals surface area contributed by atoms with E-state index in [4.69, 9.17) is 4.74 Å². The second-order valence-electron chi connectivity index (χ2n) is 6.53. The zero-order valence-corrected chi connectivity index (χ0v) is 14.7. The summed E-state index contributed by atoms with van der Waals surface area (Å²) in [5.41, 5.74) is 0.434. The second kappa shape index (κ2) is 8.64. The lowest BCUT2D eigenvalue weighted by atomic mass is 9.95. The summed E-state index contributed by atoms with van der Waals surface area (Å²) in [5, 5.41) is 2.89. The molecule has 3 amide bonds. The molecule has 1 N–H and O–H groups in total. The number of carbonyl (C=O) groups is 3. The fourth-order valence-corrected chi connectivity index (χ4v) is 3.25. The highest BCUT2D eigenvalue weighted by atomic mass is 16.6. The van der Waals surface area contributed by atoms with Gasteiger partial charge >= 0.3 is 6.09 Å². The Kier molecular flexibility index (Phi) is 6.04. The van der Waals surface area contributed by atoms with Gasteiger partial charge in [0.05, 0.1) is 6.61 Å². The summed E-state index contributed by atoms with van der Waals surface area (Å²) in [6.07, 6.45) is 3.38. The van der Waals surface area contributed by atoms with E-state index in [1.807, 2.05) is 0 Å². The van der Waals surface area contributed by atoms with E-state index in [2.05, 4.69) is 10.3 Å². The summed E-state index contributed by atoms with van der Waals surface area (Å²) >= 11 is 0. The fourth-order valence-electron chi connectivity index (χ4n) is 3.25. The molecule has 0 atom stereocenters. The van der Waals surface area contributed by atoms with Crippen LogP contribution in [0.3, 0.4) is 0 Å². The number of rotatable bonds is 5. The van der Waals surface area contributed by atoms with Crippen molar-refractivity contribution in [2.75, 3.05) is 39.3 Å². The van der Waals surface area contributed by atoms with Crippen molar-refractivity contribution >= 4 is 17.9 Å². The topological polar surface area (TPSA) is 91.8 Å². The first kappa shape index (κ1) is 18.2. The number of amides is 3. The molecule has 3 rings (SSSR count). The first-order chi connectivity index (χ1) is 12.6. The van der Waals surface area contributed by atoms with Crippen LogP contribution in [0.4, 0.5) is 4.79 Å². The van der Waals surface area contributed by atoms with Crippen LogP contribution >= 0.6 is 0 Å². The van der Waals surface area contributed by atoms with Gasteiger partial charge in [-0.05, 0) is 31.4 Å². The summed E-state index contributed by atoms with van der Waals surface area (Å²) in [6, 6.07) is 5.27. The summed E-state index contributed by atoms with van der Waals surface area (Å²) in [6.45, 7) is 3.11. The quantitative estimate of drug-likeness (QED) is 0.842. The van der Waals surface area contributed by atoms with Crippen molar-refractivity contribution in [2.24, 2.45) is 5.92 Å². The molecule has 0 radical (unpaired) electrons.